The molecule has 2 amide bonds. The predicted octanol–water partition coefficient (Wildman–Crippen LogP) is 14.1. The zero-order valence-electron chi connectivity index (χ0n) is 46.5. The second-order valence-electron chi connectivity index (χ2n) is 21.8. The molecule has 0 aliphatic heterocycles. The minimum Gasteiger partial charge on any atom is -0.462 e. The molecule has 75 heavy (non-hydrogen) atoms. The van der Waals surface area contributed by atoms with Crippen molar-refractivity contribution in [3.05, 3.63) is 102 Å². The standard InChI is InChI=1S/C62H92N2O10S/c1-61(2,3)73-58(68)44-43-54(60(70)74-62(4,5)6)64-59(69)51-39-41-52(42-40-51)63-55(65)45-46-75-48-53(72-57(67)38-30-20-16-12-8-10-14-18-24-32-50-35-27-22-28-36-50)47-71-56(66)37-29-19-15-11-7-9-13-17-23-31-49-33-25-21-26-34-49/h21-22,25-28,33-36,39-42,53-54H,7-20,23-24,29-32,37-38,43-48H2,1-6H3,(H,63,65)(H,64,69)/t53-,54+/m1/s1. The average molecular weight is 1060 g/mol. The Morgan fingerprint density at radius 1 is 0.507 bits per heavy atom. The van der Waals surface area contributed by atoms with Gasteiger partial charge < -0.3 is 29.6 Å². The van der Waals surface area contributed by atoms with Crippen molar-refractivity contribution in [2.45, 2.75) is 225 Å². The van der Waals surface area contributed by atoms with Crippen LogP contribution in [0.15, 0.2) is 84.9 Å². The van der Waals surface area contributed by atoms with Crippen molar-refractivity contribution < 1.29 is 47.7 Å². The van der Waals surface area contributed by atoms with Gasteiger partial charge in [0.25, 0.3) is 5.91 Å². The topological polar surface area (TPSA) is 163 Å². The third kappa shape index (κ3) is 33.5. The quantitative estimate of drug-likeness (QED) is 0.0317. The summed E-state index contributed by atoms with van der Waals surface area (Å²) >= 11 is 1.45. The first-order valence-corrected chi connectivity index (χ1v) is 29.3. The van der Waals surface area contributed by atoms with E-state index < -0.39 is 41.2 Å². The Labute approximate surface area is 454 Å². The number of benzene rings is 3. The van der Waals surface area contributed by atoms with E-state index in [1.807, 2.05) is 0 Å². The average Bonchev–Trinajstić information content (AvgIpc) is 3.36. The summed E-state index contributed by atoms with van der Waals surface area (Å²) in [4.78, 5) is 77.4. The summed E-state index contributed by atoms with van der Waals surface area (Å²) in [6.45, 7) is 10.4. The molecule has 0 unspecified atom stereocenters. The maximum Gasteiger partial charge on any atom is 0.329 e. The first-order valence-electron chi connectivity index (χ1n) is 28.1. The highest BCUT2D eigenvalue weighted by atomic mass is 32.2. The lowest BCUT2D eigenvalue weighted by Gasteiger charge is -2.25. The molecule has 13 heteroatoms. The summed E-state index contributed by atoms with van der Waals surface area (Å²) in [5.41, 5.74) is 2.04. The molecule has 3 aromatic carbocycles. The van der Waals surface area contributed by atoms with Crippen LogP contribution in [-0.4, -0.2) is 77.2 Å². The zero-order chi connectivity index (χ0) is 54.6. The number of rotatable bonds is 39. The fourth-order valence-corrected chi connectivity index (χ4v) is 9.33. The van der Waals surface area contributed by atoms with E-state index in [1.54, 1.807) is 53.7 Å². The first-order chi connectivity index (χ1) is 36.0. The maximum atomic E-state index is 13.2. The zero-order valence-corrected chi connectivity index (χ0v) is 47.3. The van der Waals surface area contributed by atoms with Gasteiger partial charge >= 0.3 is 23.9 Å². The molecular formula is C62H92N2O10S. The largest absolute Gasteiger partial charge is 0.462 e. The number of aryl methyl sites for hydroxylation is 2. The van der Waals surface area contributed by atoms with Crippen LogP contribution in [0.3, 0.4) is 0 Å². The lowest BCUT2D eigenvalue weighted by Crippen LogP contribution is -2.44. The van der Waals surface area contributed by atoms with Crippen molar-refractivity contribution in [1.82, 2.24) is 5.32 Å². The molecule has 0 saturated heterocycles. The fraction of sp³-hybridized carbons (Fsp3) is 0.613. The van der Waals surface area contributed by atoms with Gasteiger partial charge in [0.05, 0.1) is 0 Å². The van der Waals surface area contributed by atoms with Crippen LogP contribution < -0.4 is 10.6 Å². The molecule has 3 rings (SSSR count). The summed E-state index contributed by atoms with van der Waals surface area (Å²) in [6.07, 6.45) is 22.7. The first kappa shape index (κ1) is 64.1. The molecule has 416 valence electrons. The molecular weight excluding hydrogens is 965 g/mol. The second kappa shape index (κ2) is 37.6. The van der Waals surface area contributed by atoms with Crippen LogP contribution in [0.2, 0.25) is 0 Å². The van der Waals surface area contributed by atoms with Crippen LogP contribution in [0.4, 0.5) is 5.69 Å². The van der Waals surface area contributed by atoms with Gasteiger partial charge in [0.1, 0.15) is 30.0 Å². The third-order valence-electron chi connectivity index (χ3n) is 12.4. The molecule has 0 bridgehead atoms. The smallest absolute Gasteiger partial charge is 0.329 e. The van der Waals surface area contributed by atoms with Gasteiger partial charge in [-0.15, -0.1) is 0 Å². The van der Waals surface area contributed by atoms with Crippen molar-refractivity contribution in [3.8, 4) is 0 Å². The van der Waals surface area contributed by atoms with Crippen molar-refractivity contribution >= 4 is 53.1 Å². The Bertz CT molecular complexity index is 2070. The van der Waals surface area contributed by atoms with Crippen molar-refractivity contribution in [2.24, 2.45) is 0 Å². The van der Waals surface area contributed by atoms with E-state index in [9.17, 15) is 28.8 Å². The normalized spacial score (nSPS) is 12.3. The van der Waals surface area contributed by atoms with Crippen LogP contribution in [0.1, 0.15) is 211 Å². The van der Waals surface area contributed by atoms with E-state index in [0.29, 0.717) is 30.0 Å². The summed E-state index contributed by atoms with van der Waals surface area (Å²) in [5, 5.41) is 5.54. The Morgan fingerprint density at radius 2 is 0.973 bits per heavy atom. The number of ether oxygens (including phenoxy) is 4. The Hall–Kier alpha value is -5.17. The minimum atomic E-state index is -1.09. The van der Waals surface area contributed by atoms with Crippen LogP contribution in [-0.2, 0) is 55.8 Å². The molecule has 3 aromatic rings. The summed E-state index contributed by atoms with van der Waals surface area (Å²) < 4.78 is 22.4. The molecule has 0 heterocycles. The Balaban J connectivity index is 1.39. The number of hydrogen-bond acceptors (Lipinski definition) is 11. The number of carbonyl (C=O) groups excluding carboxylic acids is 6. The van der Waals surface area contributed by atoms with E-state index in [4.69, 9.17) is 18.9 Å². The summed E-state index contributed by atoms with van der Waals surface area (Å²) in [7, 11) is 0. The highest BCUT2D eigenvalue weighted by molar-refractivity contribution is 7.99. The molecule has 0 aromatic heterocycles. The van der Waals surface area contributed by atoms with Gasteiger partial charge in [-0.3, -0.25) is 24.0 Å². The van der Waals surface area contributed by atoms with Gasteiger partial charge in [-0.1, -0.05) is 151 Å². The van der Waals surface area contributed by atoms with Gasteiger partial charge in [-0.2, -0.15) is 11.8 Å². The van der Waals surface area contributed by atoms with Crippen molar-refractivity contribution in [1.29, 1.82) is 0 Å². The number of hydrogen-bond donors (Lipinski definition) is 2. The molecule has 0 fully saturated rings. The van der Waals surface area contributed by atoms with E-state index in [1.165, 1.54) is 106 Å². The maximum absolute atomic E-state index is 13.2. The van der Waals surface area contributed by atoms with E-state index >= 15 is 0 Å². The van der Waals surface area contributed by atoms with Crippen molar-refractivity contribution in [3.63, 3.8) is 0 Å². The van der Waals surface area contributed by atoms with Crippen molar-refractivity contribution in [2.75, 3.05) is 23.4 Å². The number of thioether (sulfide) groups is 1. The second-order valence-corrected chi connectivity index (χ2v) is 22.9. The van der Waals surface area contributed by atoms with Crippen LogP contribution in [0.25, 0.3) is 0 Å². The molecule has 0 aliphatic rings. The van der Waals surface area contributed by atoms with E-state index in [2.05, 4.69) is 71.3 Å². The highest BCUT2D eigenvalue weighted by Gasteiger charge is 2.29. The molecule has 2 N–H and O–H groups in total. The molecule has 0 saturated carbocycles. The minimum absolute atomic E-state index is 0.00942. The van der Waals surface area contributed by atoms with Gasteiger partial charge in [0.2, 0.25) is 5.91 Å². The Morgan fingerprint density at radius 3 is 1.47 bits per heavy atom. The lowest BCUT2D eigenvalue weighted by molar-refractivity contribution is -0.158. The lowest BCUT2D eigenvalue weighted by atomic mass is 10.0. The summed E-state index contributed by atoms with van der Waals surface area (Å²) in [5.74, 6) is -1.73. The predicted molar refractivity (Wildman–Crippen MR) is 303 cm³/mol. The van der Waals surface area contributed by atoms with E-state index in [0.717, 1.165) is 57.8 Å². The number of unbranched alkanes of at least 4 members (excludes halogenated alkanes) is 16. The number of amides is 2. The monoisotopic (exact) mass is 1060 g/mol. The Kier molecular flexibility index (Phi) is 32.1. The van der Waals surface area contributed by atoms with Gasteiger partial charge in [0.15, 0.2) is 0 Å². The van der Waals surface area contributed by atoms with Crippen LogP contribution >= 0.6 is 11.8 Å². The number of anilines is 1. The molecule has 0 spiro atoms. The van der Waals surface area contributed by atoms with Gasteiger partial charge in [-0.05, 0) is 122 Å². The fourth-order valence-electron chi connectivity index (χ4n) is 8.41. The highest BCUT2D eigenvalue weighted by Crippen LogP contribution is 2.19. The van der Waals surface area contributed by atoms with E-state index in [-0.39, 0.29) is 49.3 Å². The number of nitrogens with one attached hydrogen (secondary N) is 2. The molecule has 0 radical (unpaired) electrons. The van der Waals surface area contributed by atoms with Crippen LogP contribution in [0.5, 0.6) is 0 Å². The SMILES string of the molecule is CC(C)(C)OC(=O)CC[C@H](NC(=O)c1ccc(NC(=O)CCSC[C@@H](COC(=O)CCCCCCCCCCCc2ccccc2)OC(=O)CCCCCCCCCCCc2ccccc2)cc1)C(=O)OC(C)(C)C. The molecule has 0 aliphatic carbocycles. The molecule has 12 nitrogen and oxygen atoms in total. The van der Waals surface area contributed by atoms with Gasteiger partial charge in [-0.25, -0.2) is 4.79 Å². The van der Waals surface area contributed by atoms with Crippen LogP contribution in [0, 0.1) is 0 Å². The number of carbonyl (C=O) groups is 6. The third-order valence-corrected chi connectivity index (χ3v) is 13.5. The number of esters is 4. The summed E-state index contributed by atoms with van der Waals surface area (Å²) in [6, 6.07) is 26.5. The molecule has 2 atom stereocenters. The van der Waals surface area contributed by atoms with Gasteiger partial charge in [0, 0.05) is 48.4 Å².